The van der Waals surface area contributed by atoms with Gasteiger partial charge >= 0.3 is 6.03 Å². The first-order chi connectivity index (χ1) is 15.4. The van der Waals surface area contributed by atoms with Crippen LogP contribution in [0.2, 0.25) is 0 Å². The first kappa shape index (κ1) is 20.5. The number of hydrogen-bond donors (Lipinski definition) is 2. The third-order valence-corrected chi connectivity index (χ3v) is 6.21. The molecule has 2 aromatic carbocycles. The third-order valence-electron chi connectivity index (χ3n) is 6.21. The zero-order valence-corrected chi connectivity index (χ0v) is 17.7. The molecule has 3 amide bonds. The average molecular weight is 438 g/mol. The van der Waals surface area contributed by atoms with Crippen molar-refractivity contribution < 1.29 is 23.6 Å². The number of carbonyl (C=O) groups is 2. The van der Waals surface area contributed by atoms with Gasteiger partial charge in [-0.15, -0.1) is 5.06 Å². The van der Waals surface area contributed by atoms with Crippen LogP contribution < -0.4 is 15.4 Å². The van der Waals surface area contributed by atoms with Crippen molar-refractivity contribution in [3.05, 3.63) is 76.8 Å². The molecule has 0 saturated carbocycles. The minimum atomic E-state index is -1.42. The summed E-state index contributed by atoms with van der Waals surface area (Å²) in [5, 5.41) is 6.74. The molecule has 8 nitrogen and oxygen atoms in total. The summed E-state index contributed by atoms with van der Waals surface area (Å²) in [5.74, 6) is -0.376. The van der Waals surface area contributed by atoms with Crippen LogP contribution in [-0.4, -0.2) is 48.1 Å². The number of fused-ring (bicyclic) bond motifs is 1. The molecule has 0 spiro atoms. The van der Waals surface area contributed by atoms with Gasteiger partial charge in [-0.25, -0.2) is 9.18 Å². The summed E-state index contributed by atoms with van der Waals surface area (Å²) in [6.45, 7) is 0.850. The van der Waals surface area contributed by atoms with E-state index in [9.17, 15) is 14.0 Å². The molecule has 2 N–H and O–H groups in total. The minimum Gasteiger partial charge on any atom is -0.494 e. The molecule has 32 heavy (non-hydrogen) atoms. The predicted octanol–water partition coefficient (Wildman–Crippen LogP) is 2.23. The molecular weight excluding hydrogens is 415 g/mol. The van der Waals surface area contributed by atoms with Gasteiger partial charge in [-0.05, 0) is 23.3 Å². The second-order valence-electron chi connectivity index (χ2n) is 8.20. The molecule has 1 saturated heterocycles. The number of rotatable bonds is 5. The maximum Gasteiger partial charge on any atom is 0.322 e. The highest BCUT2D eigenvalue weighted by Gasteiger charge is 2.54. The lowest BCUT2D eigenvalue weighted by molar-refractivity contribution is -0.133. The van der Waals surface area contributed by atoms with Crippen LogP contribution in [-0.2, 0) is 22.7 Å². The maximum absolute atomic E-state index is 14.7. The van der Waals surface area contributed by atoms with Gasteiger partial charge in [0.25, 0.3) is 5.91 Å². The standard InChI is InChI=1S/C23H23FN4O4/c1-27-17(14-6-4-3-5-7-14)10-19(32-27)23(21(29)25-22(30)26-23)13-28-11-15-8-9-18(31-2)20(24)16(15)12-28/h3-10,17H,11-13H2,1-2H3,(H2,25,26,29,30). The Morgan fingerprint density at radius 3 is 2.66 bits per heavy atom. The van der Waals surface area contributed by atoms with E-state index in [-0.39, 0.29) is 24.9 Å². The Morgan fingerprint density at radius 1 is 1.19 bits per heavy atom. The molecule has 5 rings (SSSR count). The maximum atomic E-state index is 14.7. The Balaban J connectivity index is 1.46. The van der Waals surface area contributed by atoms with E-state index in [1.165, 1.54) is 7.11 Å². The summed E-state index contributed by atoms with van der Waals surface area (Å²) in [6, 6.07) is 12.3. The topological polar surface area (TPSA) is 83.1 Å². The first-order valence-electron chi connectivity index (χ1n) is 10.3. The van der Waals surface area contributed by atoms with Crippen molar-refractivity contribution in [3.63, 3.8) is 0 Å². The summed E-state index contributed by atoms with van der Waals surface area (Å²) in [6.07, 6.45) is 1.84. The summed E-state index contributed by atoms with van der Waals surface area (Å²) in [7, 11) is 3.20. The van der Waals surface area contributed by atoms with Gasteiger partial charge in [-0.1, -0.05) is 36.4 Å². The van der Waals surface area contributed by atoms with Gasteiger partial charge in [0.15, 0.2) is 22.9 Å². The highest BCUT2D eigenvalue weighted by atomic mass is 19.1. The number of methoxy groups -OCH3 is 1. The van der Waals surface area contributed by atoms with Crippen LogP contribution in [0.3, 0.4) is 0 Å². The molecule has 2 unspecified atom stereocenters. The van der Waals surface area contributed by atoms with Crippen molar-refractivity contribution in [3.8, 4) is 5.75 Å². The van der Waals surface area contributed by atoms with E-state index >= 15 is 0 Å². The Labute approximate surface area is 184 Å². The second-order valence-corrected chi connectivity index (χ2v) is 8.20. The van der Waals surface area contributed by atoms with Crippen LogP contribution >= 0.6 is 0 Å². The number of urea groups is 1. The van der Waals surface area contributed by atoms with Gasteiger partial charge in [0, 0.05) is 32.2 Å². The van der Waals surface area contributed by atoms with E-state index in [0.29, 0.717) is 17.9 Å². The quantitative estimate of drug-likeness (QED) is 0.697. The summed E-state index contributed by atoms with van der Waals surface area (Å²) in [4.78, 5) is 33.1. The van der Waals surface area contributed by atoms with Crippen LogP contribution in [0, 0.1) is 5.82 Å². The van der Waals surface area contributed by atoms with Crippen LogP contribution in [0.4, 0.5) is 9.18 Å². The van der Waals surface area contributed by atoms with Crippen molar-refractivity contribution in [2.75, 3.05) is 20.7 Å². The number of imide groups is 1. The molecule has 0 radical (unpaired) electrons. The van der Waals surface area contributed by atoms with E-state index in [1.54, 1.807) is 18.2 Å². The number of ether oxygens (including phenoxy) is 1. The highest BCUT2D eigenvalue weighted by molar-refractivity contribution is 6.09. The van der Waals surface area contributed by atoms with Gasteiger partial charge in [0.05, 0.1) is 13.2 Å². The Morgan fingerprint density at radius 2 is 1.97 bits per heavy atom. The zero-order valence-electron chi connectivity index (χ0n) is 17.7. The summed E-state index contributed by atoms with van der Waals surface area (Å²) >= 11 is 0. The minimum absolute atomic E-state index is 0.127. The molecule has 3 heterocycles. The van der Waals surface area contributed by atoms with Crippen molar-refractivity contribution in [2.24, 2.45) is 0 Å². The molecule has 9 heteroatoms. The van der Waals surface area contributed by atoms with Crippen LogP contribution in [0.15, 0.2) is 54.3 Å². The van der Waals surface area contributed by atoms with Gasteiger partial charge < -0.3 is 14.9 Å². The lowest BCUT2D eigenvalue weighted by Crippen LogP contribution is -2.56. The molecular formula is C23H23FN4O4. The molecule has 1 fully saturated rings. The summed E-state index contributed by atoms with van der Waals surface area (Å²) < 4.78 is 19.8. The number of amides is 3. The Kier molecular flexibility index (Phi) is 4.87. The predicted molar refractivity (Wildman–Crippen MR) is 113 cm³/mol. The highest BCUT2D eigenvalue weighted by Crippen LogP contribution is 2.38. The molecule has 0 bridgehead atoms. The van der Waals surface area contributed by atoms with Gasteiger partial charge in [-0.3, -0.25) is 15.0 Å². The lowest BCUT2D eigenvalue weighted by atomic mass is 9.94. The van der Waals surface area contributed by atoms with E-state index < -0.39 is 23.3 Å². The van der Waals surface area contributed by atoms with E-state index in [1.807, 2.05) is 47.4 Å². The zero-order chi connectivity index (χ0) is 22.5. The smallest absolute Gasteiger partial charge is 0.322 e. The first-order valence-corrected chi connectivity index (χ1v) is 10.3. The third kappa shape index (κ3) is 3.21. The number of halogens is 1. The number of benzene rings is 2. The number of hydroxylamine groups is 2. The summed E-state index contributed by atoms with van der Waals surface area (Å²) in [5.41, 5.74) is 0.929. The fourth-order valence-corrected chi connectivity index (χ4v) is 4.61. The second kappa shape index (κ2) is 7.61. The number of hydrogen-bond acceptors (Lipinski definition) is 6. The van der Waals surface area contributed by atoms with Crippen molar-refractivity contribution >= 4 is 11.9 Å². The van der Waals surface area contributed by atoms with Gasteiger partial charge in [0.1, 0.15) is 0 Å². The molecule has 166 valence electrons. The Bertz CT molecular complexity index is 1120. The number of nitrogens with one attached hydrogen (secondary N) is 2. The van der Waals surface area contributed by atoms with Crippen molar-refractivity contribution in [2.45, 2.75) is 24.7 Å². The number of carbonyl (C=O) groups excluding carboxylic acids is 2. The largest absolute Gasteiger partial charge is 0.494 e. The molecule has 0 aliphatic carbocycles. The SMILES string of the molecule is COc1ccc2c(c1F)CN(CC1(C3=CC(c4ccccc4)N(C)O3)NC(=O)NC1=O)C2. The molecule has 2 atom stereocenters. The molecule has 3 aliphatic heterocycles. The van der Waals surface area contributed by atoms with Crippen LogP contribution in [0.25, 0.3) is 0 Å². The van der Waals surface area contributed by atoms with E-state index in [0.717, 1.165) is 11.1 Å². The van der Waals surface area contributed by atoms with Gasteiger partial charge in [-0.2, -0.15) is 0 Å². The van der Waals surface area contributed by atoms with E-state index in [4.69, 9.17) is 9.57 Å². The number of likely N-dealkylation sites (N-methyl/N-ethyl adjacent to an activating group) is 1. The van der Waals surface area contributed by atoms with Crippen LogP contribution in [0.1, 0.15) is 22.7 Å². The van der Waals surface area contributed by atoms with E-state index in [2.05, 4.69) is 10.6 Å². The van der Waals surface area contributed by atoms with Gasteiger partial charge in [0.2, 0.25) is 0 Å². The van der Waals surface area contributed by atoms with Crippen LogP contribution in [0.5, 0.6) is 5.75 Å². The lowest BCUT2D eigenvalue weighted by Gasteiger charge is -2.31. The fourth-order valence-electron chi connectivity index (χ4n) is 4.61. The fraction of sp³-hybridized carbons (Fsp3) is 0.304. The molecule has 2 aromatic rings. The normalized spacial score (nSPS) is 25.2. The van der Waals surface area contributed by atoms with Crippen molar-refractivity contribution in [1.29, 1.82) is 0 Å². The monoisotopic (exact) mass is 438 g/mol. The average Bonchev–Trinajstić information content (AvgIpc) is 3.45. The molecule has 3 aliphatic rings. The molecule has 0 aromatic heterocycles. The van der Waals surface area contributed by atoms with Crippen molar-refractivity contribution in [1.82, 2.24) is 20.6 Å². The number of nitrogens with zero attached hydrogens (tertiary/aromatic N) is 2. The Hall–Kier alpha value is -3.43.